The largest absolute Gasteiger partial charge is 0.347 e. The topological polar surface area (TPSA) is 49.4 Å². The first-order chi connectivity index (χ1) is 13.6. The monoisotopic (exact) mass is 392 g/mol. The van der Waals surface area contributed by atoms with Gasteiger partial charge in [0.1, 0.15) is 0 Å². The molecule has 0 aliphatic carbocycles. The second-order valence-corrected chi connectivity index (χ2v) is 6.78. The van der Waals surface area contributed by atoms with Gasteiger partial charge in [0.25, 0.3) is 0 Å². The Hall–Kier alpha value is -3.11. The molecule has 0 bridgehead atoms. The quantitative estimate of drug-likeness (QED) is 0.638. The van der Waals surface area contributed by atoms with Gasteiger partial charge in [-0.25, -0.2) is 0 Å². The van der Waals surface area contributed by atoms with Gasteiger partial charge in [-0.3, -0.25) is 14.5 Å². The molecular weight excluding hydrogens is 372 g/mol. The summed E-state index contributed by atoms with van der Waals surface area (Å²) in [6, 6.07) is 26.3. The first-order valence-corrected chi connectivity index (χ1v) is 9.44. The molecule has 2 amide bonds. The average Bonchev–Trinajstić information content (AvgIpc) is 2.73. The fraction of sp³-hybridized carbons (Fsp3) is 0.130. The van der Waals surface area contributed by atoms with Gasteiger partial charge in [0.2, 0.25) is 0 Å². The lowest BCUT2D eigenvalue weighted by atomic mass is 10.1. The minimum Gasteiger partial charge on any atom is -0.347 e. The van der Waals surface area contributed by atoms with E-state index in [1.165, 1.54) is 4.90 Å². The van der Waals surface area contributed by atoms with E-state index >= 15 is 0 Å². The Balaban J connectivity index is 1.67. The summed E-state index contributed by atoms with van der Waals surface area (Å²) in [6.07, 6.45) is 0.601. The molecule has 0 unspecified atom stereocenters. The van der Waals surface area contributed by atoms with Crippen molar-refractivity contribution in [1.29, 1.82) is 0 Å². The van der Waals surface area contributed by atoms with E-state index in [-0.39, 0.29) is 0 Å². The van der Waals surface area contributed by atoms with Crippen molar-refractivity contribution in [2.45, 2.75) is 13.0 Å². The fourth-order valence-corrected chi connectivity index (χ4v) is 3.08. The number of hydrogen-bond donors (Lipinski definition) is 1. The van der Waals surface area contributed by atoms with Crippen molar-refractivity contribution >= 4 is 29.1 Å². The van der Waals surface area contributed by atoms with E-state index < -0.39 is 11.8 Å². The lowest BCUT2D eigenvalue weighted by Crippen LogP contribution is -2.43. The van der Waals surface area contributed by atoms with Gasteiger partial charge >= 0.3 is 11.8 Å². The highest BCUT2D eigenvalue weighted by Crippen LogP contribution is 2.17. The highest BCUT2D eigenvalue weighted by Gasteiger charge is 2.23. The zero-order valence-corrected chi connectivity index (χ0v) is 16.1. The van der Waals surface area contributed by atoms with Crippen LogP contribution in [0.5, 0.6) is 0 Å². The SMILES string of the molecule is O=C(NCCc1cccc(Cl)c1)C(=O)N(Cc1ccccc1)c1ccccc1. The molecule has 3 rings (SSSR count). The third-order valence-corrected chi connectivity index (χ3v) is 4.51. The molecule has 0 atom stereocenters. The molecule has 142 valence electrons. The molecule has 0 saturated heterocycles. The third-order valence-electron chi connectivity index (χ3n) is 4.28. The third kappa shape index (κ3) is 5.44. The molecule has 0 radical (unpaired) electrons. The maximum absolute atomic E-state index is 12.8. The number of hydrogen-bond acceptors (Lipinski definition) is 2. The van der Waals surface area contributed by atoms with E-state index in [1.54, 1.807) is 6.07 Å². The normalized spacial score (nSPS) is 10.3. The fourth-order valence-electron chi connectivity index (χ4n) is 2.87. The molecule has 0 aromatic heterocycles. The Morgan fingerprint density at radius 3 is 2.14 bits per heavy atom. The first-order valence-electron chi connectivity index (χ1n) is 9.06. The Labute approximate surface area is 169 Å². The van der Waals surface area contributed by atoms with Crippen LogP contribution in [-0.4, -0.2) is 18.4 Å². The zero-order valence-electron chi connectivity index (χ0n) is 15.3. The summed E-state index contributed by atoms with van der Waals surface area (Å²) in [5.41, 5.74) is 2.64. The minimum absolute atomic E-state index is 0.325. The van der Waals surface area contributed by atoms with Crippen molar-refractivity contribution in [2.24, 2.45) is 0 Å². The maximum Gasteiger partial charge on any atom is 0.316 e. The highest BCUT2D eigenvalue weighted by atomic mass is 35.5. The predicted molar refractivity (Wildman–Crippen MR) is 112 cm³/mol. The molecule has 5 heteroatoms. The van der Waals surface area contributed by atoms with E-state index in [0.29, 0.717) is 30.2 Å². The Morgan fingerprint density at radius 2 is 1.46 bits per heavy atom. The van der Waals surface area contributed by atoms with Gasteiger partial charge in [0, 0.05) is 17.3 Å². The van der Waals surface area contributed by atoms with Gasteiger partial charge in [-0.15, -0.1) is 0 Å². The number of carbonyl (C=O) groups excluding carboxylic acids is 2. The Kier molecular flexibility index (Phi) is 6.82. The van der Waals surface area contributed by atoms with Crippen LogP contribution < -0.4 is 10.2 Å². The maximum atomic E-state index is 12.8. The van der Waals surface area contributed by atoms with E-state index in [4.69, 9.17) is 11.6 Å². The second-order valence-electron chi connectivity index (χ2n) is 6.35. The summed E-state index contributed by atoms with van der Waals surface area (Å²) >= 11 is 5.98. The zero-order chi connectivity index (χ0) is 19.8. The van der Waals surface area contributed by atoms with Gasteiger partial charge in [0.15, 0.2) is 0 Å². The number of anilines is 1. The van der Waals surface area contributed by atoms with Crippen molar-refractivity contribution < 1.29 is 9.59 Å². The average molecular weight is 393 g/mol. The summed E-state index contributed by atoms with van der Waals surface area (Å²) in [4.78, 5) is 26.8. The van der Waals surface area contributed by atoms with Crippen molar-refractivity contribution in [3.05, 3.63) is 101 Å². The summed E-state index contributed by atoms with van der Waals surface area (Å²) in [5.74, 6) is -1.21. The van der Waals surface area contributed by atoms with E-state index in [1.807, 2.05) is 78.9 Å². The van der Waals surface area contributed by atoms with E-state index in [2.05, 4.69) is 5.32 Å². The van der Waals surface area contributed by atoms with Crippen LogP contribution in [0.25, 0.3) is 0 Å². The lowest BCUT2D eigenvalue weighted by Gasteiger charge is -2.22. The molecule has 0 heterocycles. The number of rotatable bonds is 6. The van der Waals surface area contributed by atoms with Gasteiger partial charge in [-0.1, -0.05) is 72.3 Å². The summed E-state index contributed by atoms with van der Waals surface area (Å²) < 4.78 is 0. The number of halogens is 1. The summed E-state index contributed by atoms with van der Waals surface area (Å²) in [7, 11) is 0. The van der Waals surface area contributed by atoms with Crippen LogP contribution in [0.15, 0.2) is 84.9 Å². The highest BCUT2D eigenvalue weighted by molar-refractivity contribution is 6.40. The van der Waals surface area contributed by atoms with Crippen LogP contribution in [-0.2, 0) is 22.6 Å². The smallest absolute Gasteiger partial charge is 0.316 e. The molecule has 0 aliphatic rings. The molecule has 0 saturated carbocycles. The number of benzene rings is 3. The molecular formula is C23H21ClN2O2. The van der Waals surface area contributed by atoms with E-state index in [9.17, 15) is 9.59 Å². The van der Waals surface area contributed by atoms with E-state index in [0.717, 1.165) is 11.1 Å². The van der Waals surface area contributed by atoms with Crippen molar-refractivity contribution in [2.75, 3.05) is 11.4 Å². The number of nitrogens with one attached hydrogen (secondary N) is 1. The molecule has 28 heavy (non-hydrogen) atoms. The van der Waals surface area contributed by atoms with Crippen LogP contribution in [0.2, 0.25) is 5.02 Å². The molecule has 0 aliphatic heterocycles. The van der Waals surface area contributed by atoms with Gasteiger partial charge in [0.05, 0.1) is 6.54 Å². The van der Waals surface area contributed by atoms with Gasteiger partial charge in [-0.05, 0) is 41.8 Å². The number of amides is 2. The predicted octanol–water partition coefficient (Wildman–Crippen LogP) is 4.23. The van der Waals surface area contributed by atoms with Crippen LogP contribution in [0.4, 0.5) is 5.69 Å². The summed E-state index contributed by atoms with van der Waals surface area (Å²) in [5, 5.41) is 3.36. The summed E-state index contributed by atoms with van der Waals surface area (Å²) in [6.45, 7) is 0.685. The Bertz CT molecular complexity index is 930. The van der Waals surface area contributed by atoms with Crippen LogP contribution in [0, 0.1) is 0 Å². The van der Waals surface area contributed by atoms with Crippen LogP contribution >= 0.6 is 11.6 Å². The lowest BCUT2D eigenvalue weighted by molar-refractivity contribution is -0.137. The second kappa shape index (κ2) is 9.72. The first kappa shape index (κ1) is 19.6. The van der Waals surface area contributed by atoms with Gasteiger partial charge in [-0.2, -0.15) is 0 Å². The van der Waals surface area contributed by atoms with Gasteiger partial charge < -0.3 is 5.32 Å². The van der Waals surface area contributed by atoms with Crippen LogP contribution in [0.1, 0.15) is 11.1 Å². The Morgan fingerprint density at radius 1 is 0.821 bits per heavy atom. The minimum atomic E-state index is -0.623. The van der Waals surface area contributed by atoms with Crippen molar-refractivity contribution in [3.63, 3.8) is 0 Å². The molecule has 0 fully saturated rings. The van der Waals surface area contributed by atoms with Crippen LogP contribution in [0.3, 0.4) is 0 Å². The molecule has 0 spiro atoms. The molecule has 4 nitrogen and oxygen atoms in total. The van der Waals surface area contributed by atoms with Crippen molar-refractivity contribution in [3.8, 4) is 0 Å². The number of para-hydroxylation sites is 1. The van der Waals surface area contributed by atoms with Crippen molar-refractivity contribution in [1.82, 2.24) is 5.32 Å². The molecule has 1 N–H and O–H groups in total. The number of carbonyl (C=O) groups is 2. The molecule has 3 aromatic carbocycles. The number of nitrogens with zero attached hydrogens (tertiary/aromatic N) is 1. The standard InChI is InChI=1S/C23H21ClN2O2/c24-20-11-7-10-18(16-20)14-15-25-22(27)23(28)26(21-12-5-2-6-13-21)17-19-8-3-1-4-9-19/h1-13,16H,14-15,17H2,(H,25,27). The molecule has 3 aromatic rings.